The quantitative estimate of drug-likeness (QED) is 0.854. The van der Waals surface area contributed by atoms with Gasteiger partial charge < -0.3 is 10.1 Å². The Balaban J connectivity index is 2.33. The van der Waals surface area contributed by atoms with E-state index in [1.54, 1.807) is 12.4 Å². The lowest BCUT2D eigenvalue weighted by Crippen LogP contribution is -2.06. The maximum atomic E-state index is 5.36. The van der Waals surface area contributed by atoms with E-state index in [0.717, 1.165) is 23.6 Å². The third kappa shape index (κ3) is 3.69. The zero-order valence-corrected chi connectivity index (χ0v) is 11.1. The molecule has 2 heterocycles. The van der Waals surface area contributed by atoms with Crippen LogP contribution < -0.4 is 5.32 Å². The van der Waals surface area contributed by atoms with Gasteiger partial charge >= 0.3 is 0 Å². The first kappa shape index (κ1) is 13.4. The highest BCUT2D eigenvalue weighted by Crippen LogP contribution is 2.18. The van der Waals surface area contributed by atoms with Crippen molar-refractivity contribution in [1.82, 2.24) is 19.9 Å². The van der Waals surface area contributed by atoms with E-state index in [4.69, 9.17) is 4.74 Å². The largest absolute Gasteiger partial charge is 0.374 e. The van der Waals surface area contributed by atoms with Gasteiger partial charge in [-0.15, -0.1) is 0 Å². The summed E-state index contributed by atoms with van der Waals surface area (Å²) in [5.41, 5.74) is 1.66. The van der Waals surface area contributed by atoms with Gasteiger partial charge in [0.1, 0.15) is 18.8 Å². The molecule has 0 radical (unpaired) electrons. The second kappa shape index (κ2) is 6.75. The van der Waals surface area contributed by atoms with Crippen LogP contribution in [0, 0.1) is 0 Å². The molecule has 0 aliphatic heterocycles. The average Bonchev–Trinajstić information content (AvgIpc) is 2.46. The van der Waals surface area contributed by atoms with Gasteiger partial charge in [-0.05, 0) is 13.8 Å². The van der Waals surface area contributed by atoms with Crippen molar-refractivity contribution in [3.8, 4) is 11.3 Å². The number of hydrogen-bond acceptors (Lipinski definition) is 6. The molecule has 100 valence electrons. The number of aromatic nitrogens is 4. The molecule has 0 atom stereocenters. The maximum absolute atomic E-state index is 5.36. The van der Waals surface area contributed by atoms with Gasteiger partial charge in [0.05, 0.1) is 5.69 Å². The Kier molecular flexibility index (Phi) is 4.74. The highest BCUT2D eigenvalue weighted by molar-refractivity contribution is 5.60. The molecule has 0 bridgehead atoms. The molecule has 2 aromatic rings. The summed E-state index contributed by atoms with van der Waals surface area (Å²) in [7, 11) is 0. The fourth-order valence-corrected chi connectivity index (χ4v) is 1.61. The van der Waals surface area contributed by atoms with Crippen molar-refractivity contribution in [2.45, 2.75) is 20.5 Å². The summed E-state index contributed by atoms with van der Waals surface area (Å²) in [4.78, 5) is 16.9. The van der Waals surface area contributed by atoms with Gasteiger partial charge in [-0.1, -0.05) is 0 Å². The molecule has 2 rings (SSSR count). The van der Waals surface area contributed by atoms with Crippen LogP contribution in [0.5, 0.6) is 0 Å². The second-order valence-electron chi connectivity index (χ2n) is 3.85. The lowest BCUT2D eigenvalue weighted by Gasteiger charge is -2.08. The van der Waals surface area contributed by atoms with Crippen molar-refractivity contribution < 1.29 is 4.74 Å². The predicted octanol–water partition coefficient (Wildman–Crippen LogP) is 1.90. The summed E-state index contributed by atoms with van der Waals surface area (Å²) in [5.74, 6) is 1.44. The molecule has 2 aromatic heterocycles. The first-order valence-electron chi connectivity index (χ1n) is 6.28. The standard InChI is InChI=1S/C13H17N5O/c1-3-16-12-5-11(10-6-14-9-15-7-10)17-13(18-12)8-19-4-2/h5-7,9H,3-4,8H2,1-2H3,(H,16,17,18). The van der Waals surface area contributed by atoms with Crippen molar-refractivity contribution in [2.24, 2.45) is 0 Å². The number of ether oxygens (including phenoxy) is 1. The van der Waals surface area contributed by atoms with E-state index >= 15 is 0 Å². The zero-order chi connectivity index (χ0) is 13.5. The van der Waals surface area contributed by atoms with Crippen molar-refractivity contribution >= 4 is 5.82 Å². The number of rotatable bonds is 6. The number of hydrogen-bond donors (Lipinski definition) is 1. The fourth-order valence-electron chi connectivity index (χ4n) is 1.61. The van der Waals surface area contributed by atoms with Crippen LogP contribution in [-0.2, 0) is 11.3 Å². The van der Waals surface area contributed by atoms with Crippen LogP contribution in [0.4, 0.5) is 5.82 Å². The highest BCUT2D eigenvalue weighted by Gasteiger charge is 2.07. The van der Waals surface area contributed by atoms with Crippen LogP contribution in [0.25, 0.3) is 11.3 Å². The molecule has 0 saturated carbocycles. The first-order valence-corrected chi connectivity index (χ1v) is 6.28. The molecule has 0 aliphatic rings. The normalized spacial score (nSPS) is 10.4. The Bertz CT molecular complexity index is 518. The van der Waals surface area contributed by atoms with Crippen LogP contribution in [0.15, 0.2) is 24.8 Å². The predicted molar refractivity (Wildman–Crippen MR) is 72.6 cm³/mol. The molecule has 6 heteroatoms. The van der Waals surface area contributed by atoms with Crippen molar-refractivity contribution in [3.05, 3.63) is 30.6 Å². The topological polar surface area (TPSA) is 72.8 Å². The van der Waals surface area contributed by atoms with E-state index in [-0.39, 0.29) is 0 Å². The number of nitrogens with one attached hydrogen (secondary N) is 1. The molecule has 0 fully saturated rings. The third-order valence-electron chi connectivity index (χ3n) is 2.42. The molecular weight excluding hydrogens is 242 g/mol. The van der Waals surface area contributed by atoms with Gasteiger partial charge in [0.15, 0.2) is 5.82 Å². The molecule has 0 aromatic carbocycles. The Morgan fingerprint density at radius 2 is 1.95 bits per heavy atom. The van der Waals surface area contributed by atoms with Gasteiger partial charge in [-0.2, -0.15) is 0 Å². The van der Waals surface area contributed by atoms with Gasteiger partial charge in [-0.3, -0.25) is 0 Å². The van der Waals surface area contributed by atoms with Gasteiger partial charge in [0.2, 0.25) is 0 Å². The molecule has 19 heavy (non-hydrogen) atoms. The molecule has 0 saturated heterocycles. The third-order valence-corrected chi connectivity index (χ3v) is 2.42. The Hall–Kier alpha value is -2.08. The molecule has 0 amide bonds. The van der Waals surface area contributed by atoms with Crippen molar-refractivity contribution in [1.29, 1.82) is 0 Å². The number of anilines is 1. The average molecular weight is 259 g/mol. The number of nitrogens with zero attached hydrogens (tertiary/aromatic N) is 4. The lowest BCUT2D eigenvalue weighted by molar-refractivity contribution is 0.128. The lowest BCUT2D eigenvalue weighted by atomic mass is 10.2. The molecule has 1 N–H and O–H groups in total. The van der Waals surface area contributed by atoms with Gasteiger partial charge in [0, 0.05) is 37.2 Å². The second-order valence-corrected chi connectivity index (χ2v) is 3.85. The summed E-state index contributed by atoms with van der Waals surface area (Å²) in [5, 5.41) is 3.19. The monoisotopic (exact) mass is 259 g/mol. The summed E-state index contributed by atoms with van der Waals surface area (Å²) >= 11 is 0. The van der Waals surface area contributed by atoms with Gasteiger partial charge in [0.25, 0.3) is 0 Å². The van der Waals surface area contributed by atoms with E-state index in [2.05, 4.69) is 25.3 Å². The molecule has 6 nitrogen and oxygen atoms in total. The Morgan fingerprint density at radius 3 is 2.63 bits per heavy atom. The first-order chi connectivity index (χ1) is 9.33. The van der Waals surface area contributed by atoms with E-state index < -0.39 is 0 Å². The zero-order valence-electron chi connectivity index (χ0n) is 11.1. The SMILES string of the molecule is CCNc1cc(-c2cncnc2)nc(COCC)n1. The van der Waals surface area contributed by atoms with Crippen LogP contribution in [-0.4, -0.2) is 33.1 Å². The minimum Gasteiger partial charge on any atom is -0.374 e. The minimum absolute atomic E-state index is 0.399. The van der Waals surface area contributed by atoms with Crippen LogP contribution in [0.3, 0.4) is 0 Å². The van der Waals surface area contributed by atoms with E-state index in [9.17, 15) is 0 Å². The summed E-state index contributed by atoms with van der Waals surface area (Å²) in [6.45, 7) is 5.81. The molecule has 0 aliphatic carbocycles. The van der Waals surface area contributed by atoms with Crippen LogP contribution in [0.2, 0.25) is 0 Å². The van der Waals surface area contributed by atoms with Crippen LogP contribution in [0.1, 0.15) is 19.7 Å². The minimum atomic E-state index is 0.399. The maximum Gasteiger partial charge on any atom is 0.157 e. The van der Waals surface area contributed by atoms with Crippen molar-refractivity contribution in [2.75, 3.05) is 18.5 Å². The summed E-state index contributed by atoms with van der Waals surface area (Å²) in [6, 6.07) is 1.89. The van der Waals surface area contributed by atoms with Crippen molar-refractivity contribution in [3.63, 3.8) is 0 Å². The summed E-state index contributed by atoms with van der Waals surface area (Å²) < 4.78 is 5.36. The molecular formula is C13H17N5O. The molecule has 0 spiro atoms. The molecule has 0 unspecified atom stereocenters. The van der Waals surface area contributed by atoms with Crippen LogP contribution >= 0.6 is 0 Å². The smallest absolute Gasteiger partial charge is 0.157 e. The van der Waals surface area contributed by atoms with E-state index in [0.29, 0.717) is 19.0 Å². The summed E-state index contributed by atoms with van der Waals surface area (Å²) in [6.07, 6.45) is 4.96. The fraction of sp³-hybridized carbons (Fsp3) is 0.385. The highest BCUT2D eigenvalue weighted by atomic mass is 16.5. The Morgan fingerprint density at radius 1 is 1.16 bits per heavy atom. The van der Waals surface area contributed by atoms with E-state index in [1.807, 2.05) is 19.9 Å². The van der Waals surface area contributed by atoms with E-state index in [1.165, 1.54) is 6.33 Å². The Labute approximate surface area is 112 Å². The van der Waals surface area contributed by atoms with Gasteiger partial charge in [-0.25, -0.2) is 19.9 Å².